The standard InChI is InChI=1S/C6H3BF5O/c8-3-1-4(9)6(5(13)2-3)7(10,11)12/h1-2,13H/q-1. The van der Waals surface area contributed by atoms with Gasteiger partial charge in [0.2, 0.25) is 0 Å². The van der Waals surface area contributed by atoms with Crippen LogP contribution in [0.25, 0.3) is 0 Å². The van der Waals surface area contributed by atoms with E-state index < -0.39 is 29.8 Å². The third-order valence-electron chi connectivity index (χ3n) is 1.40. The maximum absolute atomic E-state index is 12.5. The van der Waals surface area contributed by atoms with Crippen molar-refractivity contribution in [3.8, 4) is 5.75 Å². The molecule has 0 saturated carbocycles. The van der Waals surface area contributed by atoms with Gasteiger partial charge in [0.25, 0.3) is 0 Å². The molecule has 0 bridgehead atoms. The summed E-state index contributed by atoms with van der Waals surface area (Å²) >= 11 is 0. The van der Waals surface area contributed by atoms with Gasteiger partial charge in [0.1, 0.15) is 11.6 Å². The van der Waals surface area contributed by atoms with E-state index in [1.165, 1.54) is 0 Å². The fourth-order valence-electron chi connectivity index (χ4n) is 0.895. The molecular weight excluding hydrogens is 194 g/mol. The number of rotatable bonds is 1. The highest BCUT2D eigenvalue weighted by Crippen LogP contribution is 2.19. The van der Waals surface area contributed by atoms with Gasteiger partial charge in [0.15, 0.2) is 0 Å². The molecule has 0 unspecified atom stereocenters. The maximum Gasteiger partial charge on any atom is 0.516 e. The largest absolute Gasteiger partial charge is 0.516 e. The number of aromatic hydroxyl groups is 1. The molecule has 1 aromatic carbocycles. The molecular formula is C6H3BF5O-. The van der Waals surface area contributed by atoms with Gasteiger partial charge in [0.05, 0.1) is 5.75 Å². The minimum atomic E-state index is -5.66. The van der Waals surface area contributed by atoms with Gasteiger partial charge in [-0.15, -0.1) is 0 Å². The summed E-state index contributed by atoms with van der Waals surface area (Å²) in [7, 11) is 0. The van der Waals surface area contributed by atoms with E-state index >= 15 is 0 Å². The van der Waals surface area contributed by atoms with Crippen LogP contribution in [0.4, 0.5) is 21.7 Å². The normalized spacial score (nSPS) is 11.8. The van der Waals surface area contributed by atoms with Crippen molar-refractivity contribution in [2.75, 3.05) is 0 Å². The molecule has 0 amide bonds. The fourth-order valence-corrected chi connectivity index (χ4v) is 0.895. The Morgan fingerprint density at radius 2 is 1.62 bits per heavy atom. The Kier molecular flexibility index (Phi) is 2.19. The zero-order chi connectivity index (χ0) is 10.2. The highest BCUT2D eigenvalue weighted by Gasteiger charge is 2.32. The molecule has 1 N–H and O–H groups in total. The third kappa shape index (κ3) is 1.91. The van der Waals surface area contributed by atoms with Crippen LogP contribution in [0, 0.1) is 11.6 Å². The number of phenols is 1. The molecule has 0 heterocycles. The quantitative estimate of drug-likeness (QED) is 0.536. The van der Waals surface area contributed by atoms with Gasteiger partial charge in [-0.3, -0.25) is 0 Å². The van der Waals surface area contributed by atoms with Gasteiger partial charge < -0.3 is 18.1 Å². The lowest BCUT2D eigenvalue weighted by Gasteiger charge is -2.17. The van der Waals surface area contributed by atoms with E-state index in [0.29, 0.717) is 0 Å². The smallest absolute Gasteiger partial charge is 0.511 e. The molecule has 7 heteroatoms. The van der Waals surface area contributed by atoms with Gasteiger partial charge in [-0.05, 0) is 5.46 Å². The highest BCUT2D eigenvalue weighted by molar-refractivity contribution is 6.74. The molecule has 0 aliphatic rings. The fraction of sp³-hybridized carbons (Fsp3) is 0. The Morgan fingerprint density at radius 1 is 1.08 bits per heavy atom. The number of hydrogen-bond acceptors (Lipinski definition) is 1. The molecule has 72 valence electrons. The molecule has 0 aliphatic carbocycles. The van der Waals surface area contributed by atoms with Gasteiger partial charge in [-0.2, -0.15) is 0 Å². The second-order valence-electron chi connectivity index (χ2n) is 2.40. The Morgan fingerprint density at radius 3 is 2.00 bits per heavy atom. The molecule has 1 nitrogen and oxygen atoms in total. The summed E-state index contributed by atoms with van der Waals surface area (Å²) in [5.41, 5.74) is -1.79. The van der Waals surface area contributed by atoms with E-state index in [-0.39, 0.29) is 12.1 Å². The van der Waals surface area contributed by atoms with Crippen molar-refractivity contribution in [1.29, 1.82) is 0 Å². The van der Waals surface area contributed by atoms with E-state index in [9.17, 15) is 21.7 Å². The summed E-state index contributed by atoms with van der Waals surface area (Å²) in [6.45, 7) is -5.66. The van der Waals surface area contributed by atoms with Crippen LogP contribution in [-0.2, 0) is 0 Å². The van der Waals surface area contributed by atoms with Gasteiger partial charge >= 0.3 is 6.98 Å². The van der Waals surface area contributed by atoms with Crippen LogP contribution in [0.5, 0.6) is 5.75 Å². The number of halogens is 5. The molecule has 0 radical (unpaired) electrons. The summed E-state index contributed by atoms with van der Waals surface area (Å²) in [5.74, 6) is -4.48. The highest BCUT2D eigenvalue weighted by atomic mass is 19.4. The minimum Gasteiger partial charge on any atom is -0.511 e. The molecule has 1 rings (SSSR count). The summed E-state index contributed by atoms with van der Waals surface area (Å²) in [5, 5.41) is 8.62. The van der Waals surface area contributed by atoms with E-state index in [0.717, 1.165) is 0 Å². The Bertz CT molecular complexity index is 311. The van der Waals surface area contributed by atoms with Crippen molar-refractivity contribution in [2.24, 2.45) is 0 Å². The minimum absolute atomic E-state index is 0.0737. The predicted molar refractivity (Wildman–Crippen MR) is 36.7 cm³/mol. The van der Waals surface area contributed by atoms with Crippen LogP contribution in [-0.4, -0.2) is 12.1 Å². The summed E-state index contributed by atoms with van der Waals surface area (Å²) < 4.78 is 60.7. The first-order valence-corrected chi connectivity index (χ1v) is 3.20. The monoisotopic (exact) mass is 197 g/mol. The zero-order valence-electron chi connectivity index (χ0n) is 6.07. The van der Waals surface area contributed by atoms with Crippen molar-refractivity contribution in [3.05, 3.63) is 23.8 Å². The van der Waals surface area contributed by atoms with Crippen molar-refractivity contribution >= 4 is 12.4 Å². The topological polar surface area (TPSA) is 20.2 Å². The average molecular weight is 197 g/mol. The van der Waals surface area contributed by atoms with Crippen LogP contribution in [0.15, 0.2) is 12.1 Å². The molecule has 13 heavy (non-hydrogen) atoms. The lowest BCUT2D eigenvalue weighted by atomic mass is 9.79. The summed E-state index contributed by atoms with van der Waals surface area (Å²) in [4.78, 5) is 0. The molecule has 1 aromatic rings. The Balaban J connectivity index is 3.38. The SMILES string of the molecule is Oc1cc(F)cc(F)c1[B-](F)(F)F. The zero-order valence-corrected chi connectivity index (χ0v) is 6.07. The average Bonchev–Trinajstić information content (AvgIpc) is 1.78. The van der Waals surface area contributed by atoms with E-state index in [4.69, 9.17) is 5.11 Å². The first kappa shape index (κ1) is 9.82. The number of hydrogen-bond donors (Lipinski definition) is 1. The van der Waals surface area contributed by atoms with Crippen molar-refractivity contribution in [2.45, 2.75) is 0 Å². The van der Waals surface area contributed by atoms with E-state index in [2.05, 4.69) is 0 Å². The maximum atomic E-state index is 12.5. The first-order chi connectivity index (χ1) is 5.82. The van der Waals surface area contributed by atoms with Crippen LogP contribution in [0.2, 0.25) is 0 Å². The van der Waals surface area contributed by atoms with Crippen molar-refractivity contribution in [1.82, 2.24) is 0 Å². The molecule has 0 saturated heterocycles. The lowest BCUT2D eigenvalue weighted by molar-refractivity contribution is 0.449. The Labute approximate surface area is 69.9 Å². The van der Waals surface area contributed by atoms with Gasteiger partial charge in [-0.1, -0.05) is 0 Å². The van der Waals surface area contributed by atoms with Crippen LogP contribution >= 0.6 is 0 Å². The molecule has 0 aromatic heterocycles. The second-order valence-corrected chi connectivity index (χ2v) is 2.40. The summed E-state index contributed by atoms with van der Waals surface area (Å²) in [6, 6.07) is 0.290. The lowest BCUT2D eigenvalue weighted by Crippen LogP contribution is -2.37. The molecule has 0 spiro atoms. The van der Waals surface area contributed by atoms with Crippen molar-refractivity contribution < 1.29 is 26.8 Å². The van der Waals surface area contributed by atoms with E-state index in [1.54, 1.807) is 0 Å². The van der Waals surface area contributed by atoms with Gasteiger partial charge in [0, 0.05) is 12.1 Å². The van der Waals surface area contributed by atoms with E-state index in [1.807, 2.05) is 0 Å². The molecule has 0 atom stereocenters. The van der Waals surface area contributed by atoms with Gasteiger partial charge in [-0.25, -0.2) is 8.78 Å². The van der Waals surface area contributed by atoms with Crippen LogP contribution < -0.4 is 5.46 Å². The molecule has 0 aliphatic heterocycles. The summed E-state index contributed by atoms with van der Waals surface area (Å²) in [6.07, 6.45) is 0. The predicted octanol–water partition coefficient (Wildman–Crippen LogP) is 1.72. The number of benzene rings is 1. The molecule has 0 fully saturated rings. The first-order valence-electron chi connectivity index (χ1n) is 3.20. The van der Waals surface area contributed by atoms with Crippen LogP contribution in [0.1, 0.15) is 0 Å². The Hall–Kier alpha value is -1.27. The van der Waals surface area contributed by atoms with Crippen molar-refractivity contribution in [3.63, 3.8) is 0 Å². The van der Waals surface area contributed by atoms with Crippen LogP contribution in [0.3, 0.4) is 0 Å². The number of phenolic OH excluding ortho intramolecular Hbond substituents is 1. The third-order valence-corrected chi connectivity index (χ3v) is 1.40. The second kappa shape index (κ2) is 2.90.